The second-order valence-electron chi connectivity index (χ2n) is 6.01. The third kappa shape index (κ3) is 2.18. The Morgan fingerprint density at radius 3 is 3.00 bits per heavy atom. The molecular formula is C16H23N3O. The van der Waals surface area contributed by atoms with Crippen molar-refractivity contribution in [2.24, 2.45) is 0 Å². The van der Waals surface area contributed by atoms with Gasteiger partial charge in [0.25, 0.3) is 0 Å². The third-order valence-corrected chi connectivity index (χ3v) is 4.18. The van der Waals surface area contributed by atoms with Crippen molar-refractivity contribution in [2.45, 2.75) is 45.1 Å². The highest BCUT2D eigenvalue weighted by molar-refractivity contribution is 5.80. The average molecular weight is 273 g/mol. The number of imidazole rings is 1. The molecule has 1 aromatic carbocycles. The minimum absolute atomic E-state index is 0.00756. The standard InChI is InChI=1S/C16H23N3O/c1-3-5-15-18-13-10-12(17)6-7-14(13)19(15)16(2)8-4-9-20-11-16/h6-7,10H,3-5,8-9,11,17H2,1-2H3. The van der Waals surface area contributed by atoms with Crippen molar-refractivity contribution in [2.75, 3.05) is 18.9 Å². The van der Waals surface area contributed by atoms with Crippen LogP contribution in [0.1, 0.15) is 38.9 Å². The Kier molecular flexibility index (Phi) is 3.42. The number of anilines is 1. The molecule has 0 radical (unpaired) electrons. The zero-order valence-electron chi connectivity index (χ0n) is 12.4. The number of hydrogen-bond donors (Lipinski definition) is 1. The molecule has 0 saturated carbocycles. The second kappa shape index (κ2) is 5.09. The lowest BCUT2D eigenvalue weighted by Crippen LogP contribution is -2.40. The molecule has 2 heterocycles. The molecule has 0 amide bonds. The maximum absolute atomic E-state index is 5.89. The van der Waals surface area contributed by atoms with Gasteiger partial charge in [-0.1, -0.05) is 6.92 Å². The number of aromatic nitrogens is 2. The van der Waals surface area contributed by atoms with Crippen LogP contribution < -0.4 is 5.73 Å². The number of nitrogens with two attached hydrogens (primary N) is 1. The van der Waals surface area contributed by atoms with Crippen LogP contribution in [0.4, 0.5) is 5.69 Å². The molecule has 3 rings (SSSR count). The number of aryl methyl sites for hydroxylation is 1. The van der Waals surface area contributed by atoms with Gasteiger partial charge in [-0.25, -0.2) is 4.98 Å². The first-order valence-corrected chi connectivity index (χ1v) is 7.49. The van der Waals surface area contributed by atoms with Crippen LogP contribution in [0.25, 0.3) is 11.0 Å². The zero-order valence-corrected chi connectivity index (χ0v) is 12.4. The molecule has 1 aliphatic rings. The van der Waals surface area contributed by atoms with Crippen LogP contribution in [-0.2, 0) is 16.7 Å². The Bertz CT molecular complexity index is 611. The van der Waals surface area contributed by atoms with Crippen molar-refractivity contribution < 1.29 is 4.74 Å². The van der Waals surface area contributed by atoms with Crippen molar-refractivity contribution in [1.82, 2.24) is 9.55 Å². The molecule has 1 fully saturated rings. The van der Waals surface area contributed by atoms with Gasteiger partial charge in [0.1, 0.15) is 5.82 Å². The molecule has 2 aromatic rings. The molecule has 1 unspecified atom stereocenters. The molecule has 20 heavy (non-hydrogen) atoms. The summed E-state index contributed by atoms with van der Waals surface area (Å²) >= 11 is 0. The van der Waals surface area contributed by atoms with Gasteiger partial charge in [-0.2, -0.15) is 0 Å². The highest BCUT2D eigenvalue weighted by Gasteiger charge is 2.32. The summed E-state index contributed by atoms with van der Waals surface area (Å²) in [5.41, 5.74) is 8.85. The Labute approximate surface area is 119 Å². The number of nitrogen functional groups attached to an aromatic ring is 1. The summed E-state index contributed by atoms with van der Waals surface area (Å²) < 4.78 is 8.13. The molecule has 1 atom stereocenters. The van der Waals surface area contributed by atoms with Crippen LogP contribution in [-0.4, -0.2) is 22.8 Å². The van der Waals surface area contributed by atoms with E-state index in [4.69, 9.17) is 15.5 Å². The van der Waals surface area contributed by atoms with Gasteiger partial charge in [0.15, 0.2) is 0 Å². The van der Waals surface area contributed by atoms with Crippen molar-refractivity contribution in [1.29, 1.82) is 0 Å². The Hall–Kier alpha value is -1.55. The summed E-state index contributed by atoms with van der Waals surface area (Å²) in [5.74, 6) is 1.15. The Morgan fingerprint density at radius 2 is 2.30 bits per heavy atom. The topological polar surface area (TPSA) is 53.1 Å². The summed E-state index contributed by atoms with van der Waals surface area (Å²) in [6.45, 7) is 6.11. The predicted octanol–water partition coefficient (Wildman–Crippen LogP) is 3.10. The molecule has 0 bridgehead atoms. The Balaban J connectivity index is 2.17. The minimum Gasteiger partial charge on any atom is -0.399 e. The fraction of sp³-hybridized carbons (Fsp3) is 0.562. The number of rotatable bonds is 3. The number of fused-ring (bicyclic) bond motifs is 1. The lowest BCUT2D eigenvalue weighted by molar-refractivity contribution is 0.0101. The maximum Gasteiger partial charge on any atom is 0.110 e. The van der Waals surface area contributed by atoms with Gasteiger partial charge in [0.05, 0.1) is 23.2 Å². The molecule has 1 aromatic heterocycles. The summed E-state index contributed by atoms with van der Waals surface area (Å²) in [6, 6.07) is 6.03. The van der Waals surface area contributed by atoms with Crippen molar-refractivity contribution in [3.8, 4) is 0 Å². The predicted molar refractivity (Wildman–Crippen MR) is 81.8 cm³/mol. The van der Waals surface area contributed by atoms with Crippen LogP contribution >= 0.6 is 0 Å². The van der Waals surface area contributed by atoms with Gasteiger partial charge in [-0.15, -0.1) is 0 Å². The van der Waals surface area contributed by atoms with E-state index in [2.05, 4.69) is 24.5 Å². The van der Waals surface area contributed by atoms with Gasteiger partial charge in [-0.05, 0) is 44.4 Å². The molecule has 4 heteroatoms. The second-order valence-corrected chi connectivity index (χ2v) is 6.01. The van der Waals surface area contributed by atoms with Crippen LogP contribution in [0.5, 0.6) is 0 Å². The van der Waals surface area contributed by atoms with Crippen LogP contribution in [0.15, 0.2) is 18.2 Å². The summed E-state index contributed by atoms with van der Waals surface area (Å²) in [4.78, 5) is 4.81. The quantitative estimate of drug-likeness (QED) is 0.874. The van der Waals surface area contributed by atoms with Crippen LogP contribution in [0.3, 0.4) is 0 Å². The fourth-order valence-electron chi connectivity index (χ4n) is 3.24. The zero-order chi connectivity index (χ0) is 14.2. The van der Waals surface area contributed by atoms with Crippen molar-refractivity contribution >= 4 is 16.7 Å². The lowest BCUT2D eigenvalue weighted by atomic mass is 9.93. The van der Waals surface area contributed by atoms with E-state index < -0.39 is 0 Å². The summed E-state index contributed by atoms with van der Waals surface area (Å²) in [7, 11) is 0. The lowest BCUT2D eigenvalue weighted by Gasteiger charge is -2.36. The van der Waals surface area contributed by atoms with Gasteiger partial charge in [0, 0.05) is 18.7 Å². The average Bonchev–Trinajstić information content (AvgIpc) is 2.77. The molecule has 4 nitrogen and oxygen atoms in total. The largest absolute Gasteiger partial charge is 0.399 e. The monoisotopic (exact) mass is 273 g/mol. The number of ether oxygens (including phenoxy) is 1. The molecule has 0 aliphatic carbocycles. The molecule has 1 aliphatic heterocycles. The molecule has 0 spiro atoms. The first-order chi connectivity index (χ1) is 9.64. The molecule has 2 N–H and O–H groups in total. The van der Waals surface area contributed by atoms with E-state index >= 15 is 0 Å². The summed E-state index contributed by atoms with van der Waals surface area (Å²) in [6.07, 6.45) is 4.33. The van der Waals surface area contributed by atoms with E-state index in [9.17, 15) is 0 Å². The smallest absolute Gasteiger partial charge is 0.110 e. The van der Waals surface area contributed by atoms with E-state index in [1.807, 2.05) is 12.1 Å². The van der Waals surface area contributed by atoms with E-state index in [1.165, 1.54) is 5.52 Å². The SMILES string of the molecule is CCCc1nc2cc(N)ccc2n1C1(C)CCCOC1. The van der Waals surface area contributed by atoms with Gasteiger partial charge >= 0.3 is 0 Å². The van der Waals surface area contributed by atoms with Crippen LogP contribution in [0.2, 0.25) is 0 Å². The first kappa shape index (κ1) is 13.4. The molecule has 1 saturated heterocycles. The van der Waals surface area contributed by atoms with Crippen molar-refractivity contribution in [3.63, 3.8) is 0 Å². The minimum atomic E-state index is 0.00756. The van der Waals surface area contributed by atoms with Gasteiger partial charge in [0.2, 0.25) is 0 Å². The summed E-state index contributed by atoms with van der Waals surface area (Å²) in [5, 5.41) is 0. The maximum atomic E-state index is 5.89. The van der Waals surface area contributed by atoms with E-state index in [-0.39, 0.29) is 5.54 Å². The number of hydrogen-bond acceptors (Lipinski definition) is 3. The van der Waals surface area contributed by atoms with E-state index in [0.29, 0.717) is 0 Å². The third-order valence-electron chi connectivity index (χ3n) is 4.18. The van der Waals surface area contributed by atoms with E-state index in [1.54, 1.807) is 0 Å². The Morgan fingerprint density at radius 1 is 1.45 bits per heavy atom. The van der Waals surface area contributed by atoms with Crippen molar-refractivity contribution in [3.05, 3.63) is 24.0 Å². The van der Waals surface area contributed by atoms with Gasteiger partial charge < -0.3 is 15.0 Å². The fourth-order valence-corrected chi connectivity index (χ4v) is 3.24. The van der Waals surface area contributed by atoms with Gasteiger partial charge in [-0.3, -0.25) is 0 Å². The van der Waals surface area contributed by atoms with Crippen LogP contribution in [0, 0.1) is 0 Å². The molecule has 108 valence electrons. The first-order valence-electron chi connectivity index (χ1n) is 7.49. The van der Waals surface area contributed by atoms with E-state index in [0.717, 1.165) is 55.9 Å². The molecular weight excluding hydrogens is 250 g/mol. The normalized spacial score (nSPS) is 23.3. The highest BCUT2D eigenvalue weighted by Crippen LogP contribution is 2.33. The number of benzene rings is 1. The highest BCUT2D eigenvalue weighted by atomic mass is 16.5. The number of nitrogens with zero attached hydrogens (tertiary/aromatic N) is 2.